The van der Waals surface area contributed by atoms with Gasteiger partial charge < -0.3 is 5.32 Å². The summed E-state index contributed by atoms with van der Waals surface area (Å²) in [4.78, 5) is 25.9. The van der Waals surface area contributed by atoms with Gasteiger partial charge in [0.25, 0.3) is 0 Å². The van der Waals surface area contributed by atoms with Gasteiger partial charge in [-0.15, -0.1) is 0 Å². The Labute approximate surface area is 124 Å². The van der Waals surface area contributed by atoms with Crippen LogP contribution in [0.25, 0.3) is 0 Å². The number of hydrogen-bond donors (Lipinski definition) is 1. The molecule has 0 aliphatic carbocycles. The van der Waals surface area contributed by atoms with Gasteiger partial charge in [0.2, 0.25) is 11.8 Å². The Morgan fingerprint density at radius 3 is 2.55 bits per heavy atom. The first-order valence-corrected chi connectivity index (χ1v) is 7.29. The topological polar surface area (TPSA) is 49.4 Å². The maximum Gasteiger partial charge on any atom is 0.245 e. The Hall–Kier alpha value is -1.75. The maximum absolute atomic E-state index is 12.5. The Balaban J connectivity index is 2.18. The highest BCUT2D eigenvalue weighted by Crippen LogP contribution is 2.23. The van der Waals surface area contributed by atoms with Crippen molar-refractivity contribution >= 4 is 34.8 Å². The second-order valence-corrected chi connectivity index (χ2v) is 5.24. The summed E-state index contributed by atoms with van der Waals surface area (Å²) in [6, 6.07) is 9.18. The van der Waals surface area contributed by atoms with Gasteiger partial charge in [0.05, 0.1) is 5.69 Å². The third-order valence-corrected chi connectivity index (χ3v) is 3.66. The minimum atomic E-state index is -0.631. The molecule has 5 heteroatoms. The summed E-state index contributed by atoms with van der Waals surface area (Å²) in [5.41, 5.74) is 0.697. The first-order valence-electron chi connectivity index (χ1n) is 6.89. The molecule has 1 saturated heterocycles. The van der Waals surface area contributed by atoms with Crippen LogP contribution < -0.4 is 10.2 Å². The first-order chi connectivity index (χ1) is 9.65. The van der Waals surface area contributed by atoms with E-state index in [2.05, 4.69) is 12.2 Å². The number of unbranched alkanes of at least 4 members (excludes halogenated alkanes) is 2. The molecule has 0 spiro atoms. The molecule has 1 aromatic rings. The normalized spacial score (nSPS) is 19.1. The summed E-state index contributed by atoms with van der Waals surface area (Å²) >= 11 is 5.12. The van der Waals surface area contributed by atoms with E-state index in [0.29, 0.717) is 12.1 Å². The second-order valence-electron chi connectivity index (χ2n) is 4.85. The molecule has 20 heavy (non-hydrogen) atoms. The second kappa shape index (κ2) is 6.61. The Morgan fingerprint density at radius 1 is 1.20 bits per heavy atom. The molecule has 0 saturated carbocycles. The van der Waals surface area contributed by atoms with Gasteiger partial charge in [-0.3, -0.25) is 14.5 Å². The molecule has 1 aliphatic heterocycles. The van der Waals surface area contributed by atoms with Crippen molar-refractivity contribution in [2.24, 2.45) is 5.92 Å². The SMILES string of the molecule is CCCCC[C@@H]1C(=O)NC(=S)N(c2ccccc2)C1=O. The third kappa shape index (κ3) is 3.04. The lowest BCUT2D eigenvalue weighted by Gasteiger charge is -2.32. The molecule has 2 amide bonds. The molecule has 1 aromatic carbocycles. The summed E-state index contributed by atoms with van der Waals surface area (Å²) in [7, 11) is 0. The van der Waals surface area contributed by atoms with Gasteiger partial charge in [0.1, 0.15) is 5.92 Å². The van der Waals surface area contributed by atoms with Gasteiger partial charge in [0, 0.05) is 0 Å². The number of thiocarbonyl (C=S) groups is 1. The van der Waals surface area contributed by atoms with Crippen molar-refractivity contribution in [2.45, 2.75) is 32.6 Å². The largest absolute Gasteiger partial charge is 0.302 e. The molecule has 1 heterocycles. The Kier molecular flexibility index (Phi) is 4.84. The molecule has 0 bridgehead atoms. The van der Waals surface area contributed by atoms with Gasteiger partial charge >= 0.3 is 0 Å². The number of rotatable bonds is 5. The minimum Gasteiger partial charge on any atom is -0.302 e. The number of amides is 2. The lowest BCUT2D eigenvalue weighted by atomic mass is 9.97. The summed E-state index contributed by atoms with van der Waals surface area (Å²) in [5, 5.41) is 2.80. The maximum atomic E-state index is 12.5. The van der Waals surface area contributed by atoms with Crippen molar-refractivity contribution in [1.82, 2.24) is 5.32 Å². The summed E-state index contributed by atoms with van der Waals surface area (Å²) < 4.78 is 0. The van der Waals surface area contributed by atoms with Crippen LogP contribution in [-0.2, 0) is 9.59 Å². The molecule has 0 unspecified atom stereocenters. The van der Waals surface area contributed by atoms with Crippen LogP contribution in [0.1, 0.15) is 32.6 Å². The summed E-state index contributed by atoms with van der Waals surface area (Å²) in [5.74, 6) is -1.13. The number of nitrogens with one attached hydrogen (secondary N) is 1. The van der Waals surface area contributed by atoms with E-state index in [0.717, 1.165) is 19.3 Å². The molecule has 0 radical (unpaired) electrons. The molecular weight excluding hydrogens is 272 g/mol. The van der Waals surface area contributed by atoms with Crippen molar-refractivity contribution < 1.29 is 9.59 Å². The predicted molar refractivity (Wildman–Crippen MR) is 82.3 cm³/mol. The van der Waals surface area contributed by atoms with E-state index in [4.69, 9.17) is 12.2 Å². The van der Waals surface area contributed by atoms with Crippen LogP contribution in [-0.4, -0.2) is 16.9 Å². The van der Waals surface area contributed by atoms with E-state index < -0.39 is 5.92 Å². The van der Waals surface area contributed by atoms with E-state index in [1.54, 1.807) is 0 Å². The van der Waals surface area contributed by atoms with Crippen LogP contribution in [0.15, 0.2) is 30.3 Å². The number of anilines is 1. The fraction of sp³-hybridized carbons (Fsp3) is 0.400. The van der Waals surface area contributed by atoms with Crippen molar-refractivity contribution in [3.63, 3.8) is 0 Å². The Bertz CT molecular complexity index is 516. The van der Waals surface area contributed by atoms with Gasteiger partial charge in [0.15, 0.2) is 5.11 Å². The summed E-state index contributed by atoms with van der Waals surface area (Å²) in [6.45, 7) is 2.09. The molecule has 106 valence electrons. The first kappa shape index (κ1) is 14.7. The number of nitrogens with zero attached hydrogens (tertiary/aromatic N) is 1. The van der Waals surface area contributed by atoms with Crippen LogP contribution >= 0.6 is 12.2 Å². The smallest absolute Gasteiger partial charge is 0.245 e. The molecule has 1 fully saturated rings. The monoisotopic (exact) mass is 290 g/mol. The molecule has 1 N–H and O–H groups in total. The van der Waals surface area contributed by atoms with Crippen molar-refractivity contribution in [2.75, 3.05) is 4.90 Å². The Morgan fingerprint density at radius 2 is 1.90 bits per heavy atom. The van der Waals surface area contributed by atoms with Crippen LogP contribution in [0.3, 0.4) is 0 Å². The van der Waals surface area contributed by atoms with Gasteiger partial charge in [-0.1, -0.05) is 44.4 Å². The van der Waals surface area contributed by atoms with Crippen molar-refractivity contribution in [3.05, 3.63) is 30.3 Å². The molecule has 0 aromatic heterocycles. The van der Waals surface area contributed by atoms with Crippen LogP contribution in [0.5, 0.6) is 0 Å². The molecule has 4 nitrogen and oxygen atoms in total. The lowest BCUT2D eigenvalue weighted by molar-refractivity contribution is -0.134. The van der Waals surface area contributed by atoms with E-state index in [-0.39, 0.29) is 16.9 Å². The fourth-order valence-electron chi connectivity index (χ4n) is 2.29. The van der Waals surface area contributed by atoms with Crippen LogP contribution in [0.2, 0.25) is 0 Å². The van der Waals surface area contributed by atoms with Gasteiger partial charge in [-0.2, -0.15) is 0 Å². The molecular formula is C15H18N2O2S. The van der Waals surface area contributed by atoms with Crippen molar-refractivity contribution in [3.8, 4) is 0 Å². The highest BCUT2D eigenvalue weighted by molar-refractivity contribution is 7.80. The zero-order valence-electron chi connectivity index (χ0n) is 11.5. The third-order valence-electron chi connectivity index (χ3n) is 3.38. The lowest BCUT2D eigenvalue weighted by Crippen LogP contribution is -2.58. The van der Waals surface area contributed by atoms with E-state index in [1.165, 1.54) is 4.90 Å². The predicted octanol–water partition coefficient (Wildman–Crippen LogP) is 2.63. The van der Waals surface area contributed by atoms with E-state index >= 15 is 0 Å². The average Bonchev–Trinajstić information content (AvgIpc) is 2.43. The number of para-hydroxylation sites is 1. The average molecular weight is 290 g/mol. The molecule has 1 aliphatic rings. The highest BCUT2D eigenvalue weighted by atomic mass is 32.1. The number of carbonyl (C=O) groups excluding carboxylic acids is 2. The number of carbonyl (C=O) groups is 2. The van der Waals surface area contributed by atoms with Crippen molar-refractivity contribution in [1.29, 1.82) is 0 Å². The molecule has 2 rings (SSSR count). The minimum absolute atomic E-state index is 0.165. The quantitative estimate of drug-likeness (QED) is 0.515. The van der Waals surface area contributed by atoms with E-state index in [9.17, 15) is 9.59 Å². The van der Waals surface area contributed by atoms with Crippen LogP contribution in [0.4, 0.5) is 5.69 Å². The van der Waals surface area contributed by atoms with E-state index in [1.807, 2.05) is 30.3 Å². The summed E-state index contributed by atoms with van der Waals surface area (Å²) in [6.07, 6.45) is 3.52. The van der Waals surface area contributed by atoms with Crippen LogP contribution in [0, 0.1) is 5.92 Å². The number of hydrogen-bond acceptors (Lipinski definition) is 3. The standard InChI is InChI=1S/C15H18N2O2S/c1-2-3-5-10-12-13(18)16-15(20)17(14(12)19)11-8-6-4-7-9-11/h4,6-9,12H,2-3,5,10H2,1H3,(H,16,18,20)/t12-/m1/s1. The zero-order chi connectivity index (χ0) is 14.5. The highest BCUT2D eigenvalue weighted by Gasteiger charge is 2.38. The zero-order valence-corrected chi connectivity index (χ0v) is 12.3. The number of benzene rings is 1. The fourth-order valence-corrected chi connectivity index (χ4v) is 2.59. The van der Waals surface area contributed by atoms with Gasteiger partial charge in [-0.25, -0.2) is 0 Å². The van der Waals surface area contributed by atoms with Gasteiger partial charge in [-0.05, 0) is 30.8 Å². The molecule has 1 atom stereocenters.